The summed E-state index contributed by atoms with van der Waals surface area (Å²) < 4.78 is 41.4. The van der Waals surface area contributed by atoms with Gasteiger partial charge in [0.05, 0.1) is 0 Å². The van der Waals surface area contributed by atoms with E-state index in [1.54, 1.807) is 20.8 Å². The molecule has 2 N–H and O–H groups in total. The summed E-state index contributed by atoms with van der Waals surface area (Å²) >= 11 is 0. The van der Waals surface area contributed by atoms with Crippen LogP contribution in [0.4, 0.5) is 22.8 Å². The van der Waals surface area contributed by atoms with Crippen molar-refractivity contribution in [1.29, 1.82) is 0 Å². The van der Waals surface area contributed by atoms with Crippen LogP contribution in [-0.4, -0.2) is 54.5 Å². The molecule has 0 bridgehead atoms. The normalized spacial score (nSPS) is 19.5. The quantitative estimate of drug-likeness (QED) is 0.818. The number of ether oxygens (including phenoxy) is 1. The lowest BCUT2D eigenvalue weighted by molar-refractivity contribution is -0.123. The number of piperidine rings is 1. The molecular weight excluding hydrogens is 303 g/mol. The molecule has 22 heavy (non-hydrogen) atoms. The average Bonchev–Trinajstić information content (AvgIpc) is 2.33. The summed E-state index contributed by atoms with van der Waals surface area (Å²) in [5, 5.41) is 4.45. The molecule has 1 rings (SSSR count). The van der Waals surface area contributed by atoms with Gasteiger partial charge in [0.25, 0.3) is 0 Å². The summed E-state index contributed by atoms with van der Waals surface area (Å²) in [4.78, 5) is 24.6. The Morgan fingerprint density at radius 3 is 2.45 bits per heavy atom. The lowest BCUT2D eigenvalue weighted by Crippen LogP contribution is -2.53. The minimum absolute atomic E-state index is 0.156. The van der Waals surface area contributed by atoms with E-state index in [0.29, 0.717) is 19.4 Å². The number of alkyl carbamates (subject to hydrolysis) is 1. The zero-order valence-electron chi connectivity index (χ0n) is 12.9. The predicted octanol–water partition coefficient (Wildman–Crippen LogP) is 2.25. The molecule has 0 aliphatic carbocycles. The summed E-state index contributed by atoms with van der Waals surface area (Å²) in [6, 6.07) is -1.12. The van der Waals surface area contributed by atoms with Crippen LogP contribution >= 0.6 is 0 Å². The van der Waals surface area contributed by atoms with Crippen LogP contribution in [0.1, 0.15) is 33.6 Å². The molecule has 0 spiro atoms. The van der Waals surface area contributed by atoms with Crippen molar-refractivity contribution in [1.82, 2.24) is 15.5 Å². The van der Waals surface area contributed by atoms with Crippen molar-refractivity contribution in [2.45, 2.75) is 51.4 Å². The minimum Gasteiger partial charge on any atom is -0.444 e. The zero-order chi connectivity index (χ0) is 17.0. The van der Waals surface area contributed by atoms with E-state index in [2.05, 4.69) is 5.32 Å². The minimum atomic E-state index is -4.44. The van der Waals surface area contributed by atoms with Gasteiger partial charge >= 0.3 is 18.3 Å². The fourth-order valence-corrected chi connectivity index (χ4v) is 2.04. The molecule has 1 fully saturated rings. The summed E-state index contributed by atoms with van der Waals surface area (Å²) in [5.74, 6) is 0. The molecule has 9 heteroatoms. The number of halogens is 3. The SMILES string of the molecule is CC(C)(C)OC(=O)N[C@H]1CCCN(C(=O)NCC(F)(F)F)C1. The van der Waals surface area contributed by atoms with Gasteiger partial charge in [0.2, 0.25) is 0 Å². The van der Waals surface area contributed by atoms with Crippen LogP contribution in [0.25, 0.3) is 0 Å². The number of hydrogen-bond donors (Lipinski definition) is 2. The smallest absolute Gasteiger partial charge is 0.407 e. The number of rotatable bonds is 2. The van der Waals surface area contributed by atoms with Gasteiger partial charge in [0.1, 0.15) is 12.1 Å². The Kier molecular flexibility index (Phi) is 5.90. The molecule has 0 aromatic heterocycles. The third-order valence-electron chi connectivity index (χ3n) is 2.87. The molecule has 1 aliphatic heterocycles. The van der Waals surface area contributed by atoms with Crippen LogP contribution in [0.15, 0.2) is 0 Å². The van der Waals surface area contributed by atoms with Gasteiger partial charge in [0, 0.05) is 19.1 Å². The highest BCUT2D eigenvalue weighted by Gasteiger charge is 2.31. The van der Waals surface area contributed by atoms with Gasteiger partial charge in [-0.2, -0.15) is 13.2 Å². The van der Waals surface area contributed by atoms with Crippen molar-refractivity contribution < 1.29 is 27.5 Å². The molecule has 0 aromatic carbocycles. The Hall–Kier alpha value is -1.67. The van der Waals surface area contributed by atoms with Crippen LogP contribution in [0.2, 0.25) is 0 Å². The third kappa shape index (κ3) is 7.37. The van der Waals surface area contributed by atoms with Gasteiger partial charge in [-0.05, 0) is 33.6 Å². The average molecular weight is 325 g/mol. The first-order valence-electron chi connectivity index (χ1n) is 7.05. The fraction of sp³-hybridized carbons (Fsp3) is 0.846. The van der Waals surface area contributed by atoms with E-state index >= 15 is 0 Å². The van der Waals surface area contributed by atoms with Crippen molar-refractivity contribution in [3.63, 3.8) is 0 Å². The second-order valence-electron chi connectivity index (χ2n) is 6.21. The molecule has 0 unspecified atom stereocenters. The van der Waals surface area contributed by atoms with Crippen LogP contribution < -0.4 is 10.6 Å². The lowest BCUT2D eigenvalue weighted by Gasteiger charge is -2.33. The van der Waals surface area contributed by atoms with Gasteiger partial charge in [0.15, 0.2) is 0 Å². The Bertz CT molecular complexity index is 408. The van der Waals surface area contributed by atoms with E-state index in [0.717, 1.165) is 0 Å². The topological polar surface area (TPSA) is 70.7 Å². The molecule has 1 heterocycles. The lowest BCUT2D eigenvalue weighted by atomic mass is 10.1. The maximum absolute atomic E-state index is 12.1. The van der Waals surface area contributed by atoms with Crippen LogP contribution in [-0.2, 0) is 4.74 Å². The van der Waals surface area contributed by atoms with Gasteiger partial charge < -0.3 is 20.3 Å². The van der Waals surface area contributed by atoms with Crippen molar-refractivity contribution in [3.8, 4) is 0 Å². The molecule has 128 valence electrons. The van der Waals surface area contributed by atoms with Gasteiger partial charge in [-0.15, -0.1) is 0 Å². The number of carbonyl (C=O) groups is 2. The zero-order valence-corrected chi connectivity index (χ0v) is 12.9. The monoisotopic (exact) mass is 325 g/mol. The molecule has 0 aromatic rings. The first kappa shape index (κ1) is 18.4. The second-order valence-corrected chi connectivity index (χ2v) is 6.21. The highest BCUT2D eigenvalue weighted by molar-refractivity contribution is 5.74. The number of nitrogens with one attached hydrogen (secondary N) is 2. The first-order chi connectivity index (χ1) is 9.96. The number of carbonyl (C=O) groups excluding carboxylic acids is 2. The number of amides is 3. The summed E-state index contributed by atoms with van der Waals surface area (Å²) in [5.41, 5.74) is -0.636. The van der Waals surface area contributed by atoms with Crippen molar-refractivity contribution in [2.75, 3.05) is 19.6 Å². The van der Waals surface area contributed by atoms with E-state index in [1.165, 1.54) is 4.90 Å². The van der Waals surface area contributed by atoms with Gasteiger partial charge in [-0.25, -0.2) is 9.59 Å². The van der Waals surface area contributed by atoms with Crippen LogP contribution in [0.5, 0.6) is 0 Å². The Morgan fingerprint density at radius 1 is 1.27 bits per heavy atom. The molecule has 1 saturated heterocycles. The van der Waals surface area contributed by atoms with Crippen LogP contribution in [0, 0.1) is 0 Å². The summed E-state index contributed by atoms with van der Waals surface area (Å²) in [6.45, 7) is 4.32. The molecule has 0 saturated carbocycles. The van der Waals surface area contributed by atoms with Crippen molar-refractivity contribution in [3.05, 3.63) is 0 Å². The number of urea groups is 1. The van der Waals surface area contributed by atoms with E-state index in [1.807, 2.05) is 5.32 Å². The largest absolute Gasteiger partial charge is 0.444 e. The first-order valence-corrected chi connectivity index (χ1v) is 7.05. The number of alkyl halides is 3. The third-order valence-corrected chi connectivity index (χ3v) is 2.87. The Morgan fingerprint density at radius 2 is 1.91 bits per heavy atom. The maximum atomic E-state index is 12.1. The van der Waals surface area contributed by atoms with E-state index in [-0.39, 0.29) is 12.6 Å². The van der Waals surface area contributed by atoms with Crippen molar-refractivity contribution >= 4 is 12.1 Å². The molecule has 6 nitrogen and oxygen atoms in total. The molecular formula is C13H22F3N3O3. The highest BCUT2D eigenvalue weighted by atomic mass is 19.4. The number of nitrogens with zero attached hydrogens (tertiary/aromatic N) is 1. The van der Waals surface area contributed by atoms with Gasteiger partial charge in [-0.3, -0.25) is 0 Å². The van der Waals surface area contributed by atoms with E-state index in [4.69, 9.17) is 4.74 Å². The maximum Gasteiger partial charge on any atom is 0.407 e. The molecule has 1 aliphatic rings. The van der Waals surface area contributed by atoms with Gasteiger partial charge in [-0.1, -0.05) is 0 Å². The highest BCUT2D eigenvalue weighted by Crippen LogP contribution is 2.14. The summed E-state index contributed by atoms with van der Waals surface area (Å²) in [6.07, 6.45) is -3.81. The Balaban J connectivity index is 2.44. The number of hydrogen-bond acceptors (Lipinski definition) is 3. The predicted molar refractivity (Wildman–Crippen MR) is 73.4 cm³/mol. The molecule has 0 radical (unpaired) electrons. The number of likely N-dealkylation sites (tertiary alicyclic amines) is 1. The van der Waals surface area contributed by atoms with Crippen molar-refractivity contribution in [2.24, 2.45) is 0 Å². The molecule has 1 atom stereocenters. The summed E-state index contributed by atoms with van der Waals surface area (Å²) in [7, 11) is 0. The van der Waals surface area contributed by atoms with Crippen LogP contribution in [0.3, 0.4) is 0 Å². The Labute approximate surface area is 127 Å². The second kappa shape index (κ2) is 7.06. The standard InChI is InChI=1S/C13H22F3N3O3/c1-12(2,3)22-11(21)18-9-5-4-6-19(7-9)10(20)17-8-13(14,15)16/h9H,4-8H2,1-3H3,(H,17,20)(H,18,21)/t9-/m0/s1. The molecule has 3 amide bonds. The van der Waals surface area contributed by atoms with E-state index < -0.39 is 30.4 Å². The van der Waals surface area contributed by atoms with E-state index in [9.17, 15) is 22.8 Å². The fourth-order valence-electron chi connectivity index (χ4n) is 2.04.